The van der Waals surface area contributed by atoms with Gasteiger partial charge in [0.05, 0.1) is 37.2 Å². The molecule has 3 rings (SSSR count). The van der Waals surface area contributed by atoms with Gasteiger partial charge in [0.1, 0.15) is 6.61 Å². The van der Waals surface area contributed by atoms with Gasteiger partial charge in [0, 0.05) is 5.41 Å². The Morgan fingerprint density at radius 1 is 1.28 bits per heavy atom. The standard InChI is InChI=1S/C24H39O7P/c1-6-30-32(28,31-7-2)19(17-11-13-29-22(17)27)14-18-16(3)8-9-20-23(18,4)12-10-21(26)24(20,5)15-25/h11,18-21,25-26H,3,6-10,12-15H2,1-2,4-5H3. The molecule has 182 valence electrons. The van der Waals surface area contributed by atoms with Gasteiger partial charge >= 0.3 is 13.6 Å². The molecule has 2 aliphatic carbocycles. The quantitative estimate of drug-likeness (QED) is 0.295. The van der Waals surface area contributed by atoms with Crippen LogP contribution in [-0.2, 0) is 23.1 Å². The van der Waals surface area contributed by atoms with E-state index in [1.54, 1.807) is 19.9 Å². The van der Waals surface area contributed by atoms with E-state index >= 15 is 0 Å². The third-order valence-corrected chi connectivity index (χ3v) is 10.8. The average molecular weight is 471 g/mol. The van der Waals surface area contributed by atoms with Gasteiger partial charge in [-0.3, -0.25) is 4.57 Å². The topological polar surface area (TPSA) is 102 Å². The van der Waals surface area contributed by atoms with Crippen LogP contribution in [0.1, 0.15) is 59.8 Å². The number of esters is 1. The minimum absolute atomic E-state index is 0.0619. The lowest BCUT2D eigenvalue weighted by Gasteiger charge is -2.60. The van der Waals surface area contributed by atoms with Crippen LogP contribution in [0.3, 0.4) is 0 Å². The monoisotopic (exact) mass is 470 g/mol. The molecular formula is C24H39O7P. The predicted molar refractivity (Wildman–Crippen MR) is 122 cm³/mol. The first-order valence-corrected chi connectivity index (χ1v) is 13.4. The Morgan fingerprint density at radius 2 is 1.94 bits per heavy atom. The molecule has 3 aliphatic rings. The van der Waals surface area contributed by atoms with Crippen molar-refractivity contribution < 1.29 is 33.4 Å². The highest BCUT2D eigenvalue weighted by atomic mass is 31.2. The molecule has 0 spiro atoms. The summed E-state index contributed by atoms with van der Waals surface area (Å²) in [5, 5.41) is 21.0. The smallest absolute Gasteiger partial charge is 0.338 e. The molecule has 32 heavy (non-hydrogen) atoms. The first kappa shape index (κ1) is 25.6. The summed E-state index contributed by atoms with van der Waals surface area (Å²) in [7, 11) is -3.65. The van der Waals surface area contributed by atoms with E-state index in [2.05, 4.69) is 13.5 Å². The molecular weight excluding hydrogens is 431 g/mol. The van der Waals surface area contributed by atoms with Gasteiger partial charge in [-0.15, -0.1) is 0 Å². The van der Waals surface area contributed by atoms with Crippen molar-refractivity contribution in [1.82, 2.24) is 0 Å². The summed E-state index contributed by atoms with van der Waals surface area (Å²) in [6, 6.07) is 0. The number of allylic oxidation sites excluding steroid dienone is 1. The van der Waals surface area contributed by atoms with Gasteiger partial charge < -0.3 is 24.0 Å². The number of ether oxygens (including phenoxy) is 1. The Balaban J connectivity index is 2.03. The Labute approximate surface area is 191 Å². The number of carbonyl (C=O) groups excluding carboxylic acids is 1. The molecule has 0 aromatic carbocycles. The first-order valence-electron chi connectivity index (χ1n) is 11.8. The fourth-order valence-electron chi connectivity index (χ4n) is 6.51. The van der Waals surface area contributed by atoms with Gasteiger partial charge in [0.15, 0.2) is 0 Å². The molecule has 0 saturated heterocycles. The molecule has 0 aromatic rings. The Hall–Kier alpha value is -0.980. The zero-order valence-corrected chi connectivity index (χ0v) is 20.7. The lowest BCUT2D eigenvalue weighted by molar-refractivity contribution is -0.152. The Kier molecular flexibility index (Phi) is 7.78. The molecule has 8 heteroatoms. The summed E-state index contributed by atoms with van der Waals surface area (Å²) < 4.78 is 30.5. The molecule has 0 bridgehead atoms. The molecule has 0 radical (unpaired) electrons. The number of fused-ring (bicyclic) bond motifs is 1. The van der Waals surface area contributed by atoms with E-state index in [1.165, 1.54) is 0 Å². The van der Waals surface area contributed by atoms with Crippen molar-refractivity contribution in [2.75, 3.05) is 26.4 Å². The molecule has 1 heterocycles. The fraction of sp³-hybridized carbons (Fsp3) is 0.792. The van der Waals surface area contributed by atoms with E-state index in [0.29, 0.717) is 18.4 Å². The largest absolute Gasteiger partial charge is 0.458 e. The maximum Gasteiger partial charge on any atom is 0.338 e. The molecule has 6 unspecified atom stereocenters. The minimum Gasteiger partial charge on any atom is -0.458 e. The van der Waals surface area contributed by atoms with E-state index in [1.807, 2.05) is 6.92 Å². The molecule has 0 aromatic heterocycles. The van der Waals surface area contributed by atoms with Crippen LogP contribution in [0.4, 0.5) is 0 Å². The van der Waals surface area contributed by atoms with Crippen molar-refractivity contribution in [2.24, 2.45) is 22.7 Å². The van der Waals surface area contributed by atoms with Crippen LogP contribution in [0.5, 0.6) is 0 Å². The summed E-state index contributed by atoms with van der Waals surface area (Å²) in [5.74, 6) is -0.465. The van der Waals surface area contributed by atoms with E-state index in [-0.39, 0.29) is 43.7 Å². The van der Waals surface area contributed by atoms with Crippen molar-refractivity contribution in [3.63, 3.8) is 0 Å². The third-order valence-electron chi connectivity index (χ3n) is 8.26. The number of carbonyl (C=O) groups is 1. The van der Waals surface area contributed by atoms with Crippen LogP contribution < -0.4 is 0 Å². The highest BCUT2D eigenvalue weighted by Gasteiger charge is 2.59. The summed E-state index contributed by atoms with van der Waals surface area (Å²) in [6.45, 7) is 12.5. The third kappa shape index (κ3) is 4.27. The zero-order chi connectivity index (χ0) is 23.7. The lowest BCUT2D eigenvalue weighted by atomic mass is 9.46. The number of aliphatic hydroxyl groups excluding tert-OH is 2. The van der Waals surface area contributed by atoms with Crippen LogP contribution in [0.2, 0.25) is 0 Å². The van der Waals surface area contributed by atoms with E-state index in [0.717, 1.165) is 24.8 Å². The van der Waals surface area contributed by atoms with Crippen molar-refractivity contribution >= 4 is 13.6 Å². The van der Waals surface area contributed by atoms with Gasteiger partial charge in [-0.2, -0.15) is 0 Å². The second-order valence-electron chi connectivity index (χ2n) is 9.91. The van der Waals surface area contributed by atoms with Crippen molar-refractivity contribution in [1.29, 1.82) is 0 Å². The highest BCUT2D eigenvalue weighted by molar-refractivity contribution is 7.55. The molecule has 2 fully saturated rings. The van der Waals surface area contributed by atoms with Crippen LogP contribution in [-0.4, -0.2) is 54.4 Å². The second-order valence-corrected chi connectivity index (χ2v) is 12.1. The van der Waals surface area contributed by atoms with Crippen molar-refractivity contribution in [2.45, 2.75) is 71.6 Å². The molecule has 6 atom stereocenters. The molecule has 2 saturated carbocycles. The summed E-state index contributed by atoms with van der Waals surface area (Å²) in [5.41, 5.74) is -0.221. The van der Waals surface area contributed by atoms with Crippen molar-refractivity contribution in [3.8, 4) is 0 Å². The molecule has 2 N–H and O–H groups in total. The van der Waals surface area contributed by atoms with E-state index in [4.69, 9.17) is 13.8 Å². The number of rotatable bonds is 9. The van der Waals surface area contributed by atoms with Gasteiger partial charge in [0.25, 0.3) is 0 Å². The van der Waals surface area contributed by atoms with E-state index < -0.39 is 30.7 Å². The van der Waals surface area contributed by atoms with E-state index in [9.17, 15) is 19.6 Å². The average Bonchev–Trinajstić information content (AvgIpc) is 3.16. The van der Waals surface area contributed by atoms with Gasteiger partial charge in [-0.05, 0) is 69.3 Å². The highest BCUT2D eigenvalue weighted by Crippen LogP contribution is 2.65. The minimum atomic E-state index is -3.65. The van der Waals surface area contributed by atoms with Gasteiger partial charge in [-0.25, -0.2) is 4.79 Å². The predicted octanol–water partition coefficient (Wildman–Crippen LogP) is 4.24. The second kappa shape index (κ2) is 9.71. The summed E-state index contributed by atoms with van der Waals surface area (Å²) in [4.78, 5) is 12.5. The Bertz CT molecular complexity index is 798. The first-order chi connectivity index (χ1) is 15.1. The van der Waals surface area contributed by atoms with Crippen LogP contribution in [0.15, 0.2) is 23.8 Å². The molecule has 0 amide bonds. The Morgan fingerprint density at radius 3 is 2.47 bits per heavy atom. The number of hydrogen-bond acceptors (Lipinski definition) is 7. The number of cyclic esters (lactones) is 1. The maximum atomic E-state index is 13.9. The maximum absolute atomic E-state index is 13.9. The lowest BCUT2D eigenvalue weighted by Crippen LogP contribution is -2.57. The number of hydrogen-bond donors (Lipinski definition) is 2. The molecule has 7 nitrogen and oxygen atoms in total. The number of aliphatic hydroxyl groups is 2. The zero-order valence-electron chi connectivity index (χ0n) is 19.8. The van der Waals surface area contributed by atoms with Crippen LogP contribution >= 0.6 is 7.60 Å². The summed E-state index contributed by atoms with van der Waals surface area (Å²) >= 11 is 0. The van der Waals surface area contributed by atoms with Crippen LogP contribution in [0.25, 0.3) is 0 Å². The van der Waals surface area contributed by atoms with Crippen molar-refractivity contribution in [3.05, 3.63) is 23.8 Å². The normalized spacial score (nSPS) is 36.4. The molecule has 1 aliphatic heterocycles. The summed E-state index contributed by atoms with van der Waals surface area (Å²) in [6.07, 6.45) is 4.45. The fourth-order valence-corrected chi connectivity index (χ4v) is 8.68. The van der Waals surface area contributed by atoms with Gasteiger partial charge in [-0.1, -0.05) is 26.0 Å². The van der Waals surface area contributed by atoms with Gasteiger partial charge in [0.2, 0.25) is 0 Å². The van der Waals surface area contributed by atoms with Crippen LogP contribution in [0, 0.1) is 22.7 Å². The SMILES string of the molecule is C=C1CCC2C(C)(CO)C(O)CCC2(C)C1CC(C1=CCOC1=O)P(=O)(OCC)OCC.